The molecule has 1 atom stereocenters. The Morgan fingerprint density at radius 2 is 2.00 bits per heavy atom. The van der Waals surface area contributed by atoms with Crippen LogP contribution in [0.15, 0.2) is 0 Å². The van der Waals surface area contributed by atoms with E-state index in [0.717, 1.165) is 4.90 Å². The van der Waals surface area contributed by atoms with Crippen molar-refractivity contribution in [3.05, 3.63) is 0 Å². The Kier molecular flexibility index (Phi) is 6.00. The minimum Gasteiger partial charge on any atom is -0.480 e. The normalized spacial score (nSPS) is 14.2. The molecule has 0 aromatic carbocycles. The number of aliphatic carboxylic acids is 1. The first-order valence-corrected chi connectivity index (χ1v) is 6.21. The smallest absolute Gasteiger partial charge is 0.339 e. The predicted octanol–water partition coefficient (Wildman–Crippen LogP) is -0.721. The molecule has 7 nitrogen and oxygen atoms in total. The second kappa shape index (κ2) is 6.19. The summed E-state index contributed by atoms with van der Waals surface area (Å²) < 4.78 is 10.7. The van der Waals surface area contributed by atoms with Crippen LogP contribution in [-0.2, 0) is 9.36 Å². The molecule has 0 rings (SSSR count). The van der Waals surface area contributed by atoms with Crippen molar-refractivity contribution in [2.45, 2.75) is 19.4 Å². The average Bonchev–Trinajstić information content (AvgIpc) is 1.99. The Hall–Kier alpha value is -0.460. The van der Waals surface area contributed by atoms with E-state index in [1.807, 2.05) is 0 Å². The number of aliphatic hydroxyl groups excluding tert-OH is 1. The summed E-state index contributed by atoms with van der Waals surface area (Å²) in [6, 6.07) is 0. The maximum Gasteiger partial charge on any atom is 0.339 e. The van der Waals surface area contributed by atoms with Crippen molar-refractivity contribution in [2.75, 3.05) is 19.4 Å². The van der Waals surface area contributed by atoms with Gasteiger partial charge in [0.05, 0.1) is 12.6 Å². The number of nitrogens with zero attached hydrogens (tertiary/aromatic N) is 1. The molecule has 0 heterocycles. The van der Waals surface area contributed by atoms with Gasteiger partial charge in [-0.3, -0.25) is 14.3 Å². The summed E-state index contributed by atoms with van der Waals surface area (Å²) in [5.41, 5.74) is 0. The summed E-state index contributed by atoms with van der Waals surface area (Å²) in [5.74, 6) is -1.19. The van der Waals surface area contributed by atoms with Crippen LogP contribution in [0.25, 0.3) is 0 Å². The zero-order chi connectivity index (χ0) is 12.1. The van der Waals surface area contributed by atoms with Gasteiger partial charge in [-0.05, 0) is 6.42 Å². The molecule has 1 unspecified atom stereocenters. The monoisotopic (exact) mass is 241 g/mol. The minimum atomic E-state index is -4.29. The molecule has 0 aromatic heterocycles. The zero-order valence-electron chi connectivity index (χ0n) is 8.41. The zero-order valence-corrected chi connectivity index (χ0v) is 9.30. The van der Waals surface area contributed by atoms with E-state index in [9.17, 15) is 14.5 Å². The van der Waals surface area contributed by atoms with Crippen molar-refractivity contribution in [2.24, 2.45) is 0 Å². The topological polar surface area (TPSA) is 118 Å². The molecule has 0 radical (unpaired) electrons. The number of hydrogen-bond acceptors (Lipinski definition) is 4. The van der Waals surface area contributed by atoms with Gasteiger partial charge in [0.15, 0.2) is 0 Å². The Bertz CT molecular complexity index is 252. The van der Waals surface area contributed by atoms with Crippen molar-refractivity contribution >= 4 is 13.6 Å². The molecule has 15 heavy (non-hydrogen) atoms. The highest BCUT2D eigenvalue weighted by Crippen LogP contribution is 2.34. The van der Waals surface area contributed by atoms with Crippen molar-refractivity contribution in [3.8, 4) is 0 Å². The summed E-state index contributed by atoms with van der Waals surface area (Å²) in [6.07, 6.45) is -1.04. The molecule has 0 aliphatic rings. The van der Waals surface area contributed by atoms with Crippen LogP contribution < -0.4 is 0 Å². The lowest BCUT2D eigenvalue weighted by atomic mass is 10.2. The number of rotatable bonds is 7. The fraction of sp³-hybridized carbons (Fsp3) is 0.857. The van der Waals surface area contributed by atoms with E-state index >= 15 is 0 Å². The quantitative estimate of drug-likeness (QED) is 0.434. The molecular weight excluding hydrogens is 225 g/mol. The lowest BCUT2D eigenvalue weighted by molar-refractivity contribution is -0.138. The first kappa shape index (κ1) is 14.5. The Morgan fingerprint density at radius 3 is 2.33 bits per heavy atom. The molecule has 0 saturated heterocycles. The van der Waals surface area contributed by atoms with Crippen LogP contribution in [0.2, 0.25) is 0 Å². The van der Waals surface area contributed by atoms with Crippen molar-refractivity contribution in [3.63, 3.8) is 0 Å². The van der Waals surface area contributed by atoms with Gasteiger partial charge in [-0.25, -0.2) is 0 Å². The van der Waals surface area contributed by atoms with Crippen LogP contribution in [0.5, 0.6) is 0 Å². The van der Waals surface area contributed by atoms with Gasteiger partial charge in [0.25, 0.3) is 0 Å². The van der Waals surface area contributed by atoms with Crippen LogP contribution in [0.3, 0.4) is 0 Å². The standard InChI is InChI=1S/C7H16NO6P/c1-2-6(9)3-8(4-7(10)11)5-15(12,13)14/h6,9H,2-5H2,1H3,(H,10,11)(H2,12,13,14). The summed E-state index contributed by atoms with van der Waals surface area (Å²) >= 11 is 0. The van der Waals surface area contributed by atoms with Crippen LogP contribution in [0.4, 0.5) is 0 Å². The molecule has 0 saturated carbocycles. The van der Waals surface area contributed by atoms with E-state index in [0.29, 0.717) is 6.42 Å². The number of carboxylic acid groups (broad SMARTS) is 1. The number of aliphatic hydroxyl groups is 1. The van der Waals surface area contributed by atoms with Gasteiger partial charge in [-0.15, -0.1) is 0 Å². The third-order valence-electron chi connectivity index (χ3n) is 1.68. The SMILES string of the molecule is CCC(O)CN(CC(=O)O)CP(=O)(O)O. The molecule has 0 amide bonds. The van der Waals surface area contributed by atoms with Gasteiger partial charge >= 0.3 is 13.6 Å². The fourth-order valence-electron chi connectivity index (χ4n) is 1.05. The van der Waals surface area contributed by atoms with E-state index < -0.39 is 32.5 Å². The molecule has 4 N–H and O–H groups in total. The van der Waals surface area contributed by atoms with Gasteiger partial charge in [0, 0.05) is 6.54 Å². The molecule has 0 bridgehead atoms. The van der Waals surface area contributed by atoms with Gasteiger partial charge < -0.3 is 20.0 Å². The third kappa shape index (κ3) is 8.53. The molecular formula is C7H16NO6P. The Balaban J connectivity index is 4.31. The molecule has 90 valence electrons. The molecule has 0 aromatic rings. The number of hydrogen-bond donors (Lipinski definition) is 4. The predicted molar refractivity (Wildman–Crippen MR) is 52.4 cm³/mol. The third-order valence-corrected chi connectivity index (χ3v) is 2.45. The average molecular weight is 241 g/mol. The highest BCUT2D eigenvalue weighted by molar-refractivity contribution is 7.51. The molecule has 0 aliphatic carbocycles. The van der Waals surface area contributed by atoms with Gasteiger partial charge in [-0.2, -0.15) is 0 Å². The molecule has 0 aliphatic heterocycles. The maximum atomic E-state index is 10.7. The molecule has 0 spiro atoms. The number of carboxylic acids is 1. The van der Waals surface area contributed by atoms with Crippen LogP contribution >= 0.6 is 7.60 Å². The van der Waals surface area contributed by atoms with Crippen LogP contribution in [0.1, 0.15) is 13.3 Å². The van der Waals surface area contributed by atoms with E-state index in [-0.39, 0.29) is 6.54 Å². The lowest BCUT2D eigenvalue weighted by Gasteiger charge is -2.22. The van der Waals surface area contributed by atoms with Gasteiger partial charge in [-0.1, -0.05) is 6.92 Å². The van der Waals surface area contributed by atoms with Crippen molar-refractivity contribution in [1.82, 2.24) is 4.90 Å². The highest BCUT2D eigenvalue weighted by Gasteiger charge is 2.22. The fourth-order valence-corrected chi connectivity index (χ4v) is 1.79. The second-order valence-electron chi connectivity index (χ2n) is 3.27. The molecule has 0 fully saturated rings. The highest BCUT2D eigenvalue weighted by atomic mass is 31.2. The first-order valence-electron chi connectivity index (χ1n) is 4.41. The van der Waals surface area contributed by atoms with Gasteiger partial charge in [0.1, 0.15) is 6.29 Å². The summed E-state index contributed by atoms with van der Waals surface area (Å²) in [6.45, 7) is 1.14. The van der Waals surface area contributed by atoms with E-state index in [1.165, 1.54) is 0 Å². The van der Waals surface area contributed by atoms with E-state index in [2.05, 4.69) is 0 Å². The van der Waals surface area contributed by atoms with Crippen LogP contribution in [-0.4, -0.2) is 56.3 Å². The molecule has 8 heteroatoms. The summed E-state index contributed by atoms with van der Waals surface area (Å²) in [7, 11) is -4.29. The number of carbonyl (C=O) groups is 1. The van der Waals surface area contributed by atoms with Crippen molar-refractivity contribution < 1.29 is 29.4 Å². The Labute approximate surface area is 87.5 Å². The summed E-state index contributed by atoms with van der Waals surface area (Å²) in [5, 5.41) is 17.7. The minimum absolute atomic E-state index is 0.0616. The van der Waals surface area contributed by atoms with E-state index in [1.54, 1.807) is 6.92 Å². The second-order valence-corrected chi connectivity index (χ2v) is 4.89. The van der Waals surface area contributed by atoms with Crippen LogP contribution in [0, 0.1) is 0 Å². The summed E-state index contributed by atoms with van der Waals surface area (Å²) in [4.78, 5) is 28.8. The first-order chi connectivity index (χ1) is 6.74. The largest absolute Gasteiger partial charge is 0.480 e. The Morgan fingerprint density at radius 1 is 1.47 bits per heavy atom. The van der Waals surface area contributed by atoms with Gasteiger partial charge in [0.2, 0.25) is 0 Å². The van der Waals surface area contributed by atoms with E-state index in [4.69, 9.17) is 14.9 Å². The van der Waals surface area contributed by atoms with Crippen molar-refractivity contribution in [1.29, 1.82) is 0 Å². The lowest BCUT2D eigenvalue weighted by Crippen LogP contribution is -2.36. The maximum absolute atomic E-state index is 10.7.